The van der Waals surface area contributed by atoms with Crippen molar-refractivity contribution in [3.8, 4) is 5.75 Å². The molecule has 0 bridgehead atoms. The van der Waals surface area contributed by atoms with E-state index >= 15 is 0 Å². The first-order valence-electron chi connectivity index (χ1n) is 5.80. The Balaban J connectivity index is 2.31. The molecule has 0 saturated carbocycles. The molecule has 1 N–H and O–H groups in total. The van der Waals surface area contributed by atoms with Crippen molar-refractivity contribution in [2.24, 2.45) is 0 Å². The van der Waals surface area contributed by atoms with Crippen LogP contribution >= 0.6 is 22.6 Å². The number of halogens is 4. The van der Waals surface area contributed by atoms with Gasteiger partial charge in [-0.3, -0.25) is 4.72 Å². The molecule has 0 aliphatic rings. The maximum absolute atomic E-state index is 12.2. The van der Waals surface area contributed by atoms with E-state index in [-0.39, 0.29) is 10.6 Å². The number of hydrogen-bond donors (Lipinski definition) is 1. The van der Waals surface area contributed by atoms with Gasteiger partial charge in [-0.2, -0.15) is 0 Å². The third-order valence-electron chi connectivity index (χ3n) is 2.47. The summed E-state index contributed by atoms with van der Waals surface area (Å²) in [6.45, 7) is 0. The maximum atomic E-state index is 12.2. The van der Waals surface area contributed by atoms with Crippen molar-refractivity contribution in [1.82, 2.24) is 0 Å². The summed E-state index contributed by atoms with van der Waals surface area (Å²) in [6, 6.07) is 10.9. The van der Waals surface area contributed by atoms with Crippen molar-refractivity contribution in [3.63, 3.8) is 0 Å². The third-order valence-corrected chi connectivity index (χ3v) is 4.79. The summed E-state index contributed by atoms with van der Waals surface area (Å²) in [6.07, 6.45) is -4.84. The van der Waals surface area contributed by atoms with E-state index in [0.717, 1.165) is 12.1 Å². The van der Waals surface area contributed by atoms with E-state index < -0.39 is 22.1 Å². The van der Waals surface area contributed by atoms with E-state index in [2.05, 4.69) is 9.46 Å². The van der Waals surface area contributed by atoms with Crippen molar-refractivity contribution in [1.29, 1.82) is 0 Å². The van der Waals surface area contributed by atoms with Crippen LogP contribution in [0.3, 0.4) is 0 Å². The normalized spacial score (nSPS) is 12.0. The topological polar surface area (TPSA) is 55.4 Å². The Kier molecular flexibility index (Phi) is 4.85. The zero-order chi connectivity index (χ0) is 16.4. The van der Waals surface area contributed by atoms with Gasteiger partial charge in [0.25, 0.3) is 10.0 Å². The Hall–Kier alpha value is -1.49. The molecular weight excluding hydrogens is 434 g/mol. The molecule has 0 saturated heterocycles. The van der Waals surface area contributed by atoms with Gasteiger partial charge in [-0.25, -0.2) is 8.42 Å². The second-order valence-corrected chi connectivity index (χ2v) is 6.95. The molecule has 0 aliphatic heterocycles. The molecule has 118 valence electrons. The maximum Gasteiger partial charge on any atom is 0.573 e. The number of benzene rings is 2. The van der Waals surface area contributed by atoms with Crippen molar-refractivity contribution >= 4 is 38.3 Å². The van der Waals surface area contributed by atoms with Gasteiger partial charge in [0.15, 0.2) is 0 Å². The molecule has 0 unspecified atom stereocenters. The fourth-order valence-corrected chi connectivity index (χ4v) is 3.33. The molecule has 2 aromatic carbocycles. The molecule has 9 heteroatoms. The Morgan fingerprint density at radius 3 is 2.27 bits per heavy atom. The predicted octanol–water partition coefficient (Wildman–Crippen LogP) is 3.99. The molecule has 0 fully saturated rings. The standard InChI is InChI=1S/C13H9F3INO3S/c14-13(15,16)21-9-6-7-11(17)12(8-9)18-22(19,20)10-4-2-1-3-5-10/h1-8,18H. The number of sulfonamides is 1. The summed E-state index contributed by atoms with van der Waals surface area (Å²) in [5.74, 6) is -0.501. The van der Waals surface area contributed by atoms with E-state index in [4.69, 9.17) is 0 Å². The van der Waals surface area contributed by atoms with Crippen LogP contribution in [0, 0.1) is 3.57 Å². The largest absolute Gasteiger partial charge is 0.573 e. The predicted molar refractivity (Wildman–Crippen MR) is 83.1 cm³/mol. The zero-order valence-electron chi connectivity index (χ0n) is 10.8. The van der Waals surface area contributed by atoms with E-state index in [1.807, 2.05) is 22.6 Å². The second kappa shape index (κ2) is 6.32. The first-order valence-corrected chi connectivity index (χ1v) is 8.37. The minimum absolute atomic E-state index is 0.00574. The van der Waals surface area contributed by atoms with Crippen LogP contribution in [0.1, 0.15) is 0 Å². The van der Waals surface area contributed by atoms with Gasteiger partial charge >= 0.3 is 6.36 Å². The van der Waals surface area contributed by atoms with Crippen LogP contribution in [-0.2, 0) is 10.0 Å². The highest BCUT2D eigenvalue weighted by atomic mass is 127. The number of anilines is 1. The average Bonchev–Trinajstić information content (AvgIpc) is 2.42. The lowest BCUT2D eigenvalue weighted by Gasteiger charge is -2.13. The van der Waals surface area contributed by atoms with Crippen molar-refractivity contribution < 1.29 is 26.3 Å². The molecule has 0 spiro atoms. The minimum atomic E-state index is -4.84. The van der Waals surface area contributed by atoms with Gasteiger partial charge in [0, 0.05) is 9.64 Å². The molecule has 0 aliphatic carbocycles. The third kappa shape index (κ3) is 4.50. The van der Waals surface area contributed by atoms with Crippen LogP contribution < -0.4 is 9.46 Å². The van der Waals surface area contributed by atoms with Gasteiger partial charge in [-0.1, -0.05) is 18.2 Å². The van der Waals surface area contributed by atoms with Crippen LogP contribution in [0.5, 0.6) is 5.75 Å². The lowest BCUT2D eigenvalue weighted by atomic mass is 10.3. The molecule has 22 heavy (non-hydrogen) atoms. The first-order chi connectivity index (χ1) is 10.2. The summed E-state index contributed by atoms with van der Waals surface area (Å²) >= 11 is 1.81. The van der Waals surface area contributed by atoms with E-state index in [1.54, 1.807) is 18.2 Å². The minimum Gasteiger partial charge on any atom is -0.406 e. The van der Waals surface area contributed by atoms with Crippen LogP contribution in [0.15, 0.2) is 53.4 Å². The summed E-state index contributed by atoms with van der Waals surface area (Å²) in [5.41, 5.74) is 0.00574. The SMILES string of the molecule is O=S(=O)(Nc1cc(OC(F)(F)F)ccc1I)c1ccccc1. The fourth-order valence-electron chi connectivity index (χ4n) is 1.58. The molecule has 4 nitrogen and oxygen atoms in total. The van der Waals surface area contributed by atoms with E-state index in [0.29, 0.717) is 3.57 Å². The molecule has 0 atom stereocenters. The Morgan fingerprint density at radius 2 is 1.68 bits per heavy atom. The quantitative estimate of drug-likeness (QED) is 0.728. The number of ether oxygens (including phenoxy) is 1. The highest BCUT2D eigenvalue weighted by molar-refractivity contribution is 14.1. The van der Waals surface area contributed by atoms with Gasteiger partial charge in [-0.15, -0.1) is 13.2 Å². The van der Waals surface area contributed by atoms with Crippen molar-refractivity contribution in [2.75, 3.05) is 4.72 Å². The van der Waals surface area contributed by atoms with Gasteiger partial charge in [0.1, 0.15) is 5.75 Å². The smallest absolute Gasteiger partial charge is 0.406 e. The van der Waals surface area contributed by atoms with Crippen LogP contribution in [-0.4, -0.2) is 14.8 Å². The molecule has 2 aromatic rings. The van der Waals surface area contributed by atoms with Crippen LogP contribution in [0.2, 0.25) is 0 Å². The number of alkyl halides is 3. The number of hydrogen-bond acceptors (Lipinski definition) is 3. The summed E-state index contributed by atoms with van der Waals surface area (Å²) in [4.78, 5) is 0.00735. The average molecular weight is 443 g/mol. The molecule has 0 amide bonds. The Labute approximate surface area is 138 Å². The Bertz CT molecular complexity index is 764. The molecule has 2 rings (SSSR count). The summed E-state index contributed by atoms with van der Waals surface area (Å²) in [7, 11) is -3.89. The fraction of sp³-hybridized carbons (Fsp3) is 0.0769. The highest BCUT2D eigenvalue weighted by Gasteiger charge is 2.31. The first kappa shape index (κ1) is 16.9. The van der Waals surface area contributed by atoms with Gasteiger partial charge < -0.3 is 4.74 Å². The van der Waals surface area contributed by atoms with Gasteiger partial charge in [0.2, 0.25) is 0 Å². The zero-order valence-corrected chi connectivity index (χ0v) is 13.7. The summed E-state index contributed by atoms with van der Waals surface area (Å²) < 4.78 is 67.4. The number of rotatable bonds is 4. The van der Waals surface area contributed by atoms with Crippen LogP contribution in [0.4, 0.5) is 18.9 Å². The van der Waals surface area contributed by atoms with E-state index in [1.165, 1.54) is 18.2 Å². The van der Waals surface area contributed by atoms with Crippen molar-refractivity contribution in [2.45, 2.75) is 11.3 Å². The molecule has 0 heterocycles. The van der Waals surface area contributed by atoms with Crippen molar-refractivity contribution in [3.05, 3.63) is 52.1 Å². The van der Waals surface area contributed by atoms with Gasteiger partial charge in [0.05, 0.1) is 10.6 Å². The molecule has 0 aromatic heterocycles. The molecule has 0 radical (unpaired) electrons. The highest BCUT2D eigenvalue weighted by Crippen LogP contribution is 2.29. The summed E-state index contributed by atoms with van der Waals surface area (Å²) in [5, 5.41) is 0. The lowest BCUT2D eigenvalue weighted by Crippen LogP contribution is -2.18. The Morgan fingerprint density at radius 1 is 1.05 bits per heavy atom. The second-order valence-electron chi connectivity index (χ2n) is 4.11. The van der Waals surface area contributed by atoms with E-state index in [9.17, 15) is 21.6 Å². The lowest BCUT2D eigenvalue weighted by molar-refractivity contribution is -0.274. The number of nitrogens with one attached hydrogen (secondary N) is 1. The van der Waals surface area contributed by atoms with Crippen LogP contribution in [0.25, 0.3) is 0 Å². The molecular formula is C13H9F3INO3S. The monoisotopic (exact) mass is 443 g/mol. The van der Waals surface area contributed by atoms with Gasteiger partial charge in [-0.05, 0) is 46.9 Å².